The predicted octanol–water partition coefficient (Wildman–Crippen LogP) is 6.78. The normalized spacial score (nSPS) is 18.7. The van der Waals surface area contributed by atoms with Crippen molar-refractivity contribution in [2.75, 3.05) is 20.3 Å². The van der Waals surface area contributed by atoms with Crippen LogP contribution >= 0.6 is 0 Å². The lowest BCUT2D eigenvalue weighted by Gasteiger charge is -2.28. The van der Waals surface area contributed by atoms with Gasteiger partial charge < -0.3 is 14.2 Å². The lowest BCUT2D eigenvalue weighted by molar-refractivity contribution is 0.143. The van der Waals surface area contributed by atoms with Gasteiger partial charge in [-0.2, -0.15) is 8.78 Å². The zero-order valence-corrected chi connectivity index (χ0v) is 18.3. The molecule has 3 nitrogen and oxygen atoms in total. The molecule has 0 radical (unpaired) electrons. The fourth-order valence-corrected chi connectivity index (χ4v) is 4.25. The first-order valence-electron chi connectivity index (χ1n) is 11.0. The maximum atomic E-state index is 14.6. The molecule has 1 fully saturated rings. The molecule has 1 aliphatic carbocycles. The molecule has 0 bridgehead atoms. The van der Waals surface area contributed by atoms with Gasteiger partial charge in [0.2, 0.25) is 11.6 Å². The second-order valence-electron chi connectivity index (χ2n) is 8.18. The summed E-state index contributed by atoms with van der Waals surface area (Å²) in [6.07, 6.45) is 7.05. The molecule has 0 aliphatic heterocycles. The van der Waals surface area contributed by atoms with E-state index in [1.54, 1.807) is 12.1 Å². The third-order valence-electron chi connectivity index (χ3n) is 6.03. The maximum absolute atomic E-state index is 14.6. The van der Waals surface area contributed by atoms with Crippen LogP contribution in [0.2, 0.25) is 0 Å². The van der Waals surface area contributed by atoms with Gasteiger partial charge >= 0.3 is 0 Å². The van der Waals surface area contributed by atoms with E-state index in [1.165, 1.54) is 44.9 Å². The van der Waals surface area contributed by atoms with Gasteiger partial charge in [0.15, 0.2) is 11.5 Å². The molecular formula is C25H31F3O3. The van der Waals surface area contributed by atoms with E-state index in [0.717, 1.165) is 24.3 Å². The van der Waals surface area contributed by atoms with Gasteiger partial charge in [0.05, 0.1) is 6.61 Å². The van der Waals surface area contributed by atoms with Crippen LogP contribution < -0.4 is 9.47 Å². The molecule has 2 aromatic carbocycles. The molecule has 0 spiro atoms. The molecule has 0 unspecified atom stereocenters. The summed E-state index contributed by atoms with van der Waals surface area (Å²) in [7, 11) is 1.49. The van der Waals surface area contributed by atoms with Crippen LogP contribution in [0.4, 0.5) is 13.2 Å². The van der Waals surface area contributed by atoms with E-state index < -0.39 is 11.6 Å². The summed E-state index contributed by atoms with van der Waals surface area (Å²) in [5, 5.41) is 0. The fraction of sp³-hybridized carbons (Fsp3) is 0.520. The second-order valence-corrected chi connectivity index (χ2v) is 8.18. The van der Waals surface area contributed by atoms with Gasteiger partial charge in [0, 0.05) is 12.7 Å². The van der Waals surface area contributed by atoms with Crippen LogP contribution in [0.3, 0.4) is 0 Å². The van der Waals surface area contributed by atoms with Crippen molar-refractivity contribution in [1.29, 1.82) is 0 Å². The van der Waals surface area contributed by atoms with Gasteiger partial charge in [0.1, 0.15) is 19.0 Å². The maximum Gasteiger partial charge on any atom is 0.204 e. The Hall–Kier alpha value is -2.21. The Morgan fingerprint density at radius 3 is 2.16 bits per heavy atom. The first kappa shape index (κ1) is 23.5. The van der Waals surface area contributed by atoms with E-state index in [4.69, 9.17) is 14.2 Å². The Bertz CT molecular complexity index is 848. The van der Waals surface area contributed by atoms with E-state index in [9.17, 15) is 13.2 Å². The van der Waals surface area contributed by atoms with Crippen molar-refractivity contribution in [3.05, 3.63) is 58.9 Å². The summed E-state index contributed by atoms with van der Waals surface area (Å²) < 4.78 is 58.3. The Kier molecular flexibility index (Phi) is 8.64. The average molecular weight is 437 g/mol. The molecule has 1 aliphatic rings. The lowest BCUT2D eigenvalue weighted by atomic mass is 9.77. The highest BCUT2D eigenvalue weighted by Gasteiger charge is 2.23. The third kappa shape index (κ3) is 6.16. The SMILES string of the molecule is CCCC1CCC(c2ccc(COc3ccc(OCCOC)c(F)c3F)c(F)c2)CC1. The minimum Gasteiger partial charge on any atom is -0.488 e. The van der Waals surface area contributed by atoms with Crippen molar-refractivity contribution in [2.45, 2.75) is 58.0 Å². The van der Waals surface area contributed by atoms with Crippen molar-refractivity contribution < 1.29 is 27.4 Å². The number of rotatable bonds is 10. The number of ether oxygens (including phenoxy) is 3. The van der Waals surface area contributed by atoms with Gasteiger partial charge in [-0.15, -0.1) is 0 Å². The van der Waals surface area contributed by atoms with Crippen LogP contribution in [0.25, 0.3) is 0 Å². The molecular weight excluding hydrogens is 405 g/mol. The van der Waals surface area contributed by atoms with Gasteiger partial charge in [-0.1, -0.05) is 31.9 Å². The van der Waals surface area contributed by atoms with E-state index in [2.05, 4.69) is 6.92 Å². The quantitative estimate of drug-likeness (QED) is 0.384. The van der Waals surface area contributed by atoms with Gasteiger partial charge in [0.25, 0.3) is 0 Å². The standard InChI is InChI=1S/C25H31F3O3/c1-3-4-17-5-7-18(8-6-17)19-9-10-20(21(26)15-19)16-31-23-12-11-22(24(27)25(23)28)30-14-13-29-2/h9-12,15,17-18H,3-8,13-14,16H2,1-2H3. The van der Waals surface area contributed by atoms with E-state index >= 15 is 0 Å². The molecule has 0 aromatic heterocycles. The molecule has 3 rings (SSSR count). The minimum absolute atomic E-state index is 0.102. The number of hydrogen-bond acceptors (Lipinski definition) is 3. The molecule has 0 saturated heterocycles. The van der Waals surface area contributed by atoms with Crippen LogP contribution in [-0.4, -0.2) is 20.3 Å². The first-order chi connectivity index (χ1) is 15.0. The van der Waals surface area contributed by atoms with Gasteiger partial charge in [-0.05, 0) is 61.3 Å². The molecule has 0 heterocycles. The fourth-order valence-electron chi connectivity index (χ4n) is 4.25. The summed E-state index contributed by atoms with van der Waals surface area (Å²) in [6, 6.07) is 7.74. The molecule has 0 N–H and O–H groups in total. The van der Waals surface area contributed by atoms with E-state index in [0.29, 0.717) is 11.5 Å². The van der Waals surface area contributed by atoms with E-state index in [-0.39, 0.29) is 37.1 Å². The highest BCUT2D eigenvalue weighted by Crippen LogP contribution is 2.38. The van der Waals surface area contributed by atoms with Crippen molar-refractivity contribution in [3.63, 3.8) is 0 Å². The lowest BCUT2D eigenvalue weighted by Crippen LogP contribution is -2.13. The van der Waals surface area contributed by atoms with Crippen molar-refractivity contribution in [1.82, 2.24) is 0 Å². The predicted molar refractivity (Wildman–Crippen MR) is 114 cm³/mol. The number of halogens is 3. The van der Waals surface area contributed by atoms with Crippen molar-refractivity contribution in [3.8, 4) is 11.5 Å². The monoisotopic (exact) mass is 436 g/mol. The smallest absolute Gasteiger partial charge is 0.204 e. The Balaban J connectivity index is 1.59. The zero-order valence-electron chi connectivity index (χ0n) is 18.3. The second kappa shape index (κ2) is 11.4. The van der Waals surface area contributed by atoms with Gasteiger partial charge in [-0.25, -0.2) is 4.39 Å². The Morgan fingerprint density at radius 2 is 1.55 bits per heavy atom. The topological polar surface area (TPSA) is 27.7 Å². The zero-order chi connectivity index (χ0) is 22.2. The molecule has 170 valence electrons. The number of hydrogen-bond donors (Lipinski definition) is 0. The van der Waals surface area contributed by atoms with Crippen LogP contribution in [0.5, 0.6) is 11.5 Å². The summed E-state index contributed by atoms with van der Waals surface area (Å²) in [5.74, 6) is -1.99. The summed E-state index contributed by atoms with van der Waals surface area (Å²) in [4.78, 5) is 0. The molecule has 0 atom stereocenters. The largest absolute Gasteiger partial charge is 0.488 e. The highest BCUT2D eigenvalue weighted by atomic mass is 19.2. The van der Waals surface area contributed by atoms with Crippen LogP contribution in [0, 0.1) is 23.4 Å². The first-order valence-corrected chi connectivity index (χ1v) is 11.0. The molecule has 0 amide bonds. The van der Waals surface area contributed by atoms with Crippen LogP contribution in [0.1, 0.15) is 62.5 Å². The summed E-state index contributed by atoms with van der Waals surface area (Å²) >= 11 is 0. The highest BCUT2D eigenvalue weighted by molar-refractivity contribution is 5.35. The third-order valence-corrected chi connectivity index (χ3v) is 6.03. The van der Waals surface area contributed by atoms with Crippen molar-refractivity contribution in [2.24, 2.45) is 5.92 Å². The van der Waals surface area contributed by atoms with Crippen molar-refractivity contribution >= 4 is 0 Å². The van der Waals surface area contributed by atoms with E-state index in [1.807, 2.05) is 6.07 Å². The molecule has 1 saturated carbocycles. The summed E-state index contributed by atoms with van der Waals surface area (Å²) in [5.41, 5.74) is 1.31. The Labute approximate surface area is 182 Å². The summed E-state index contributed by atoms with van der Waals surface area (Å²) in [6.45, 7) is 2.39. The van der Waals surface area contributed by atoms with Gasteiger partial charge in [-0.3, -0.25) is 0 Å². The van der Waals surface area contributed by atoms with Crippen LogP contribution in [0.15, 0.2) is 30.3 Å². The minimum atomic E-state index is -1.16. The molecule has 31 heavy (non-hydrogen) atoms. The number of benzene rings is 2. The van der Waals surface area contributed by atoms with Crippen LogP contribution in [-0.2, 0) is 11.3 Å². The Morgan fingerprint density at radius 1 is 0.871 bits per heavy atom. The molecule has 6 heteroatoms. The number of methoxy groups -OCH3 is 1. The average Bonchev–Trinajstić information content (AvgIpc) is 2.78. The molecule has 2 aromatic rings.